The van der Waals surface area contributed by atoms with Gasteiger partial charge in [0.05, 0.1) is 6.54 Å². The molecule has 1 atom stereocenters. The number of nitrogens with zero attached hydrogens (tertiary/aromatic N) is 3. The van der Waals surface area contributed by atoms with Gasteiger partial charge in [-0.3, -0.25) is 9.48 Å². The molecule has 100 valence electrons. The average Bonchev–Trinajstić information content (AvgIpc) is 2.94. The molecule has 1 unspecified atom stereocenters. The minimum absolute atomic E-state index is 0.159. The first-order valence-corrected chi connectivity index (χ1v) is 5.99. The number of rotatable bonds is 6. The Bertz CT molecular complexity index is 499. The van der Waals surface area contributed by atoms with Crippen LogP contribution in [0.3, 0.4) is 0 Å². The SMILES string of the molecule is COC(C(=O)NCCn1cncn1)c1ccccc1. The van der Waals surface area contributed by atoms with Gasteiger partial charge >= 0.3 is 0 Å². The number of nitrogens with one attached hydrogen (secondary N) is 1. The minimum atomic E-state index is -0.586. The van der Waals surface area contributed by atoms with E-state index in [0.717, 1.165) is 5.56 Å². The highest BCUT2D eigenvalue weighted by molar-refractivity contribution is 5.82. The van der Waals surface area contributed by atoms with Gasteiger partial charge in [0.2, 0.25) is 0 Å². The standard InChI is InChI=1S/C13H16N4O2/c1-19-12(11-5-3-2-4-6-11)13(18)15-7-8-17-10-14-9-16-17/h2-6,9-10,12H,7-8H2,1H3,(H,15,18). The molecule has 2 aromatic rings. The molecule has 2 rings (SSSR count). The predicted molar refractivity (Wildman–Crippen MR) is 69.2 cm³/mol. The Morgan fingerprint density at radius 1 is 1.42 bits per heavy atom. The summed E-state index contributed by atoms with van der Waals surface area (Å²) < 4.78 is 6.90. The number of hydrogen-bond acceptors (Lipinski definition) is 4. The van der Waals surface area contributed by atoms with Crippen LogP contribution in [0, 0.1) is 0 Å². The lowest BCUT2D eigenvalue weighted by Gasteiger charge is -2.15. The zero-order chi connectivity index (χ0) is 13.5. The van der Waals surface area contributed by atoms with Gasteiger partial charge in [-0.1, -0.05) is 30.3 Å². The molecular formula is C13H16N4O2. The Labute approximate surface area is 111 Å². The fourth-order valence-corrected chi connectivity index (χ4v) is 1.76. The Kier molecular flexibility index (Phi) is 4.63. The summed E-state index contributed by atoms with van der Waals surface area (Å²) in [6, 6.07) is 9.39. The van der Waals surface area contributed by atoms with Gasteiger partial charge in [0.25, 0.3) is 5.91 Å². The first-order valence-electron chi connectivity index (χ1n) is 5.99. The Morgan fingerprint density at radius 3 is 2.84 bits per heavy atom. The van der Waals surface area contributed by atoms with Crippen LogP contribution in [0.4, 0.5) is 0 Å². The van der Waals surface area contributed by atoms with Crippen LogP contribution in [-0.2, 0) is 16.1 Å². The Hall–Kier alpha value is -2.21. The van der Waals surface area contributed by atoms with Crippen molar-refractivity contribution < 1.29 is 9.53 Å². The molecule has 0 saturated carbocycles. The molecule has 6 heteroatoms. The monoisotopic (exact) mass is 260 g/mol. The third-order valence-electron chi connectivity index (χ3n) is 2.68. The molecular weight excluding hydrogens is 244 g/mol. The molecule has 0 spiro atoms. The van der Waals surface area contributed by atoms with Crippen molar-refractivity contribution in [2.75, 3.05) is 13.7 Å². The van der Waals surface area contributed by atoms with Crippen molar-refractivity contribution in [3.63, 3.8) is 0 Å². The van der Waals surface area contributed by atoms with Gasteiger partial charge in [-0.2, -0.15) is 5.10 Å². The van der Waals surface area contributed by atoms with Gasteiger partial charge in [0, 0.05) is 13.7 Å². The highest BCUT2D eigenvalue weighted by atomic mass is 16.5. The Balaban J connectivity index is 1.87. The maximum atomic E-state index is 12.0. The van der Waals surface area contributed by atoms with Crippen molar-refractivity contribution in [3.8, 4) is 0 Å². The summed E-state index contributed by atoms with van der Waals surface area (Å²) in [7, 11) is 1.52. The van der Waals surface area contributed by atoms with E-state index in [1.165, 1.54) is 13.4 Å². The smallest absolute Gasteiger partial charge is 0.253 e. The van der Waals surface area contributed by atoms with Crippen molar-refractivity contribution in [1.82, 2.24) is 20.1 Å². The molecule has 0 radical (unpaired) electrons. The summed E-state index contributed by atoms with van der Waals surface area (Å²) in [6.45, 7) is 1.06. The molecule has 1 aromatic carbocycles. The van der Waals surface area contributed by atoms with Gasteiger partial charge in [0.15, 0.2) is 6.10 Å². The lowest BCUT2D eigenvalue weighted by molar-refractivity contribution is -0.131. The van der Waals surface area contributed by atoms with E-state index < -0.39 is 6.10 Å². The molecule has 0 aliphatic rings. The van der Waals surface area contributed by atoms with E-state index in [-0.39, 0.29) is 5.91 Å². The van der Waals surface area contributed by atoms with Crippen molar-refractivity contribution in [3.05, 3.63) is 48.5 Å². The summed E-state index contributed by atoms with van der Waals surface area (Å²) in [5.41, 5.74) is 0.836. The van der Waals surface area contributed by atoms with Gasteiger partial charge < -0.3 is 10.1 Å². The predicted octanol–water partition coefficient (Wildman–Crippen LogP) is 0.782. The maximum absolute atomic E-state index is 12.0. The van der Waals surface area contributed by atoms with Gasteiger partial charge in [0.1, 0.15) is 12.7 Å². The number of hydrogen-bond donors (Lipinski definition) is 1. The van der Waals surface area contributed by atoms with Gasteiger partial charge in [-0.05, 0) is 5.56 Å². The van der Waals surface area contributed by atoms with Crippen LogP contribution >= 0.6 is 0 Å². The number of ether oxygens (including phenoxy) is 1. The molecule has 19 heavy (non-hydrogen) atoms. The Morgan fingerprint density at radius 2 is 2.21 bits per heavy atom. The normalized spacial score (nSPS) is 12.1. The number of carbonyl (C=O) groups excluding carboxylic acids is 1. The fraction of sp³-hybridized carbons (Fsp3) is 0.308. The van der Waals surface area contributed by atoms with E-state index in [9.17, 15) is 4.79 Å². The first-order chi connectivity index (χ1) is 9.31. The zero-order valence-corrected chi connectivity index (χ0v) is 10.7. The molecule has 1 aromatic heterocycles. The minimum Gasteiger partial charge on any atom is -0.367 e. The van der Waals surface area contributed by atoms with Crippen LogP contribution in [-0.4, -0.2) is 34.3 Å². The van der Waals surface area contributed by atoms with E-state index >= 15 is 0 Å². The van der Waals surface area contributed by atoms with Gasteiger partial charge in [-0.25, -0.2) is 4.98 Å². The van der Waals surface area contributed by atoms with E-state index in [2.05, 4.69) is 15.4 Å². The van der Waals surface area contributed by atoms with Crippen LogP contribution in [0.15, 0.2) is 43.0 Å². The lowest BCUT2D eigenvalue weighted by atomic mass is 10.1. The molecule has 6 nitrogen and oxygen atoms in total. The van der Waals surface area contributed by atoms with Gasteiger partial charge in [-0.15, -0.1) is 0 Å². The lowest BCUT2D eigenvalue weighted by Crippen LogP contribution is -2.32. The highest BCUT2D eigenvalue weighted by Gasteiger charge is 2.18. The molecule has 0 saturated heterocycles. The molecule has 1 heterocycles. The topological polar surface area (TPSA) is 69.0 Å². The molecule has 0 aliphatic heterocycles. The summed E-state index contributed by atoms with van der Waals surface area (Å²) in [5, 5.41) is 6.78. The average molecular weight is 260 g/mol. The second-order valence-corrected chi connectivity index (χ2v) is 3.98. The fourth-order valence-electron chi connectivity index (χ4n) is 1.76. The van der Waals surface area contributed by atoms with Crippen LogP contribution in [0.5, 0.6) is 0 Å². The summed E-state index contributed by atoms with van der Waals surface area (Å²) in [6.07, 6.45) is 2.48. The maximum Gasteiger partial charge on any atom is 0.253 e. The molecule has 1 amide bonds. The van der Waals surface area contributed by atoms with E-state index in [0.29, 0.717) is 13.1 Å². The van der Waals surface area contributed by atoms with Crippen LogP contribution in [0.25, 0.3) is 0 Å². The van der Waals surface area contributed by atoms with Crippen molar-refractivity contribution in [2.24, 2.45) is 0 Å². The molecule has 1 N–H and O–H groups in total. The highest BCUT2D eigenvalue weighted by Crippen LogP contribution is 2.15. The van der Waals surface area contributed by atoms with Crippen LogP contribution < -0.4 is 5.32 Å². The number of benzene rings is 1. The summed E-state index contributed by atoms with van der Waals surface area (Å²) in [5.74, 6) is -0.159. The number of amides is 1. The second kappa shape index (κ2) is 6.65. The van der Waals surface area contributed by atoms with Crippen molar-refractivity contribution in [1.29, 1.82) is 0 Å². The van der Waals surface area contributed by atoms with E-state index in [1.807, 2.05) is 30.3 Å². The summed E-state index contributed by atoms with van der Waals surface area (Å²) in [4.78, 5) is 15.9. The number of methoxy groups -OCH3 is 1. The van der Waals surface area contributed by atoms with Crippen molar-refractivity contribution in [2.45, 2.75) is 12.6 Å². The largest absolute Gasteiger partial charge is 0.367 e. The number of aromatic nitrogens is 3. The van der Waals surface area contributed by atoms with E-state index in [1.54, 1.807) is 11.0 Å². The molecule has 0 aliphatic carbocycles. The van der Waals surface area contributed by atoms with E-state index in [4.69, 9.17) is 4.74 Å². The first kappa shape index (κ1) is 13.2. The van der Waals surface area contributed by atoms with Crippen LogP contribution in [0.1, 0.15) is 11.7 Å². The third-order valence-corrected chi connectivity index (χ3v) is 2.68. The zero-order valence-electron chi connectivity index (χ0n) is 10.7. The quantitative estimate of drug-likeness (QED) is 0.833. The second-order valence-electron chi connectivity index (χ2n) is 3.98. The molecule has 0 bridgehead atoms. The third kappa shape index (κ3) is 3.62. The molecule has 0 fully saturated rings. The summed E-state index contributed by atoms with van der Waals surface area (Å²) >= 11 is 0. The number of carbonyl (C=O) groups is 1. The van der Waals surface area contributed by atoms with Crippen molar-refractivity contribution >= 4 is 5.91 Å². The van der Waals surface area contributed by atoms with Crippen LogP contribution in [0.2, 0.25) is 0 Å².